The molecule has 0 bridgehead atoms. The van der Waals surface area contributed by atoms with Crippen LogP contribution in [0.3, 0.4) is 0 Å². The van der Waals surface area contributed by atoms with E-state index in [1.54, 1.807) is 0 Å². The van der Waals surface area contributed by atoms with Gasteiger partial charge in [-0.1, -0.05) is 68.5 Å². The third-order valence-corrected chi connectivity index (χ3v) is 5.09. The Morgan fingerprint density at radius 3 is 2.50 bits per heavy atom. The van der Waals surface area contributed by atoms with Gasteiger partial charge in [0.1, 0.15) is 5.75 Å². The summed E-state index contributed by atoms with van der Waals surface area (Å²) in [7, 11) is 0. The van der Waals surface area contributed by atoms with Gasteiger partial charge in [0, 0.05) is 32.7 Å². The molecule has 0 saturated carbocycles. The highest BCUT2D eigenvalue weighted by molar-refractivity contribution is 5.77. The number of carbonyl (C=O) groups excluding carboxylic acids is 1. The van der Waals surface area contributed by atoms with Crippen LogP contribution in [-0.4, -0.2) is 55.0 Å². The van der Waals surface area contributed by atoms with Gasteiger partial charge in [-0.3, -0.25) is 9.69 Å². The number of piperazine rings is 1. The van der Waals surface area contributed by atoms with E-state index < -0.39 is 0 Å². The molecular formula is C24H30N2O2. The van der Waals surface area contributed by atoms with E-state index >= 15 is 0 Å². The summed E-state index contributed by atoms with van der Waals surface area (Å²) in [4.78, 5) is 16.7. The van der Waals surface area contributed by atoms with Crippen molar-refractivity contribution in [2.24, 2.45) is 0 Å². The highest BCUT2D eigenvalue weighted by Crippen LogP contribution is 2.20. The lowest BCUT2D eigenvalue weighted by Crippen LogP contribution is -2.49. The Morgan fingerprint density at radius 1 is 1.04 bits per heavy atom. The largest absolute Gasteiger partial charge is 0.484 e. The molecule has 2 aromatic rings. The van der Waals surface area contributed by atoms with Crippen LogP contribution in [0.5, 0.6) is 5.75 Å². The molecular weight excluding hydrogens is 348 g/mol. The highest BCUT2D eigenvalue weighted by atomic mass is 16.5. The molecule has 1 aliphatic heterocycles. The van der Waals surface area contributed by atoms with Crippen molar-refractivity contribution in [3.05, 3.63) is 71.8 Å². The minimum atomic E-state index is 0.0643. The molecule has 1 aliphatic rings. The van der Waals surface area contributed by atoms with Gasteiger partial charge >= 0.3 is 0 Å². The van der Waals surface area contributed by atoms with Crippen molar-refractivity contribution in [2.45, 2.75) is 19.8 Å². The van der Waals surface area contributed by atoms with Crippen LogP contribution in [0.15, 0.2) is 60.7 Å². The van der Waals surface area contributed by atoms with E-state index in [0.717, 1.165) is 38.5 Å². The first-order chi connectivity index (χ1) is 13.6. The lowest BCUT2D eigenvalue weighted by molar-refractivity contribution is -0.135. The van der Waals surface area contributed by atoms with E-state index in [9.17, 15) is 4.79 Å². The molecule has 4 nitrogen and oxygen atoms in total. The first-order valence-electron chi connectivity index (χ1n) is 10.1. The van der Waals surface area contributed by atoms with Crippen molar-refractivity contribution < 1.29 is 9.53 Å². The van der Waals surface area contributed by atoms with Gasteiger partial charge in [-0.05, 0) is 29.2 Å². The van der Waals surface area contributed by atoms with Gasteiger partial charge in [-0.15, -0.1) is 0 Å². The number of hydrogen-bond donors (Lipinski definition) is 0. The fourth-order valence-corrected chi connectivity index (χ4v) is 3.28. The molecule has 1 heterocycles. The van der Waals surface area contributed by atoms with Crippen LogP contribution in [-0.2, 0) is 4.79 Å². The zero-order valence-corrected chi connectivity index (χ0v) is 16.9. The fourth-order valence-electron chi connectivity index (χ4n) is 3.28. The molecule has 0 aromatic heterocycles. The second-order valence-corrected chi connectivity index (χ2v) is 7.51. The minimum absolute atomic E-state index is 0.0643. The van der Waals surface area contributed by atoms with E-state index in [-0.39, 0.29) is 12.5 Å². The Labute approximate surface area is 168 Å². The van der Waals surface area contributed by atoms with Crippen molar-refractivity contribution in [3.8, 4) is 5.75 Å². The second-order valence-electron chi connectivity index (χ2n) is 7.51. The average molecular weight is 379 g/mol. The van der Waals surface area contributed by atoms with Gasteiger partial charge in [0.15, 0.2) is 6.61 Å². The Bertz CT molecular complexity index is 778. The van der Waals surface area contributed by atoms with Crippen LogP contribution in [0.4, 0.5) is 0 Å². The summed E-state index contributed by atoms with van der Waals surface area (Å²) in [5.74, 6) is 1.28. The summed E-state index contributed by atoms with van der Waals surface area (Å²) in [5, 5.41) is 0. The maximum atomic E-state index is 12.5. The monoisotopic (exact) mass is 378 g/mol. The average Bonchev–Trinajstić information content (AvgIpc) is 2.73. The fraction of sp³-hybridized carbons (Fsp3) is 0.375. The smallest absolute Gasteiger partial charge is 0.260 e. The number of ether oxygens (including phenoxy) is 1. The molecule has 1 amide bonds. The highest BCUT2D eigenvalue weighted by Gasteiger charge is 2.20. The van der Waals surface area contributed by atoms with E-state index in [0.29, 0.717) is 5.92 Å². The van der Waals surface area contributed by atoms with E-state index in [1.807, 2.05) is 41.3 Å². The van der Waals surface area contributed by atoms with Gasteiger partial charge in [0.25, 0.3) is 5.91 Å². The maximum Gasteiger partial charge on any atom is 0.260 e. The molecule has 0 unspecified atom stereocenters. The zero-order valence-electron chi connectivity index (χ0n) is 16.9. The molecule has 0 aliphatic carbocycles. The molecule has 0 atom stereocenters. The molecule has 1 saturated heterocycles. The van der Waals surface area contributed by atoms with Crippen molar-refractivity contribution >= 4 is 12.0 Å². The first-order valence-corrected chi connectivity index (χ1v) is 10.1. The molecule has 28 heavy (non-hydrogen) atoms. The van der Waals surface area contributed by atoms with Gasteiger partial charge in [0.05, 0.1) is 0 Å². The molecule has 0 spiro atoms. The topological polar surface area (TPSA) is 32.8 Å². The number of benzene rings is 2. The second kappa shape index (κ2) is 10.1. The Kier molecular flexibility index (Phi) is 7.26. The van der Waals surface area contributed by atoms with Gasteiger partial charge in [-0.25, -0.2) is 0 Å². The molecule has 4 heteroatoms. The van der Waals surface area contributed by atoms with Crippen molar-refractivity contribution in [1.82, 2.24) is 9.80 Å². The molecule has 2 aromatic carbocycles. The predicted octanol–water partition coefficient (Wildman–Crippen LogP) is 4.05. The van der Waals surface area contributed by atoms with Crippen LogP contribution in [0.25, 0.3) is 6.08 Å². The molecule has 0 N–H and O–H groups in total. The van der Waals surface area contributed by atoms with Crippen LogP contribution in [0.2, 0.25) is 0 Å². The molecule has 1 fully saturated rings. The lowest BCUT2D eigenvalue weighted by Gasteiger charge is -2.34. The van der Waals surface area contributed by atoms with E-state index in [1.165, 1.54) is 11.1 Å². The summed E-state index contributed by atoms with van der Waals surface area (Å²) in [6.45, 7) is 8.63. The number of carbonyl (C=O) groups is 1. The minimum Gasteiger partial charge on any atom is -0.484 e. The Balaban J connectivity index is 1.40. The first kappa shape index (κ1) is 20.2. The normalized spacial score (nSPS) is 15.3. The van der Waals surface area contributed by atoms with E-state index in [2.05, 4.69) is 49.1 Å². The maximum absolute atomic E-state index is 12.5. The van der Waals surface area contributed by atoms with Gasteiger partial charge < -0.3 is 9.64 Å². The SMILES string of the molecule is CC(C)c1cccc(OCC(=O)N2CCN(C/C=C/c3ccccc3)CC2)c1. The zero-order chi connectivity index (χ0) is 19.8. The van der Waals surface area contributed by atoms with Crippen LogP contribution >= 0.6 is 0 Å². The van der Waals surface area contributed by atoms with E-state index in [4.69, 9.17) is 4.74 Å². The molecule has 0 radical (unpaired) electrons. The van der Waals surface area contributed by atoms with Gasteiger partial charge in [-0.2, -0.15) is 0 Å². The summed E-state index contributed by atoms with van der Waals surface area (Å²) in [5.41, 5.74) is 2.44. The molecule has 148 valence electrons. The number of rotatable bonds is 7. The summed E-state index contributed by atoms with van der Waals surface area (Å²) < 4.78 is 5.74. The Hall–Kier alpha value is -2.59. The quantitative estimate of drug-likeness (QED) is 0.729. The number of hydrogen-bond acceptors (Lipinski definition) is 3. The number of amides is 1. The van der Waals surface area contributed by atoms with Crippen molar-refractivity contribution in [3.63, 3.8) is 0 Å². The lowest BCUT2D eigenvalue weighted by atomic mass is 10.0. The summed E-state index contributed by atoms with van der Waals surface area (Å²) in [6.07, 6.45) is 4.34. The van der Waals surface area contributed by atoms with Gasteiger partial charge in [0.2, 0.25) is 0 Å². The third-order valence-electron chi connectivity index (χ3n) is 5.09. The van der Waals surface area contributed by atoms with Crippen molar-refractivity contribution in [1.29, 1.82) is 0 Å². The number of nitrogens with zero attached hydrogens (tertiary/aromatic N) is 2. The van der Waals surface area contributed by atoms with Crippen LogP contribution < -0.4 is 4.74 Å². The summed E-state index contributed by atoms with van der Waals surface area (Å²) >= 11 is 0. The third kappa shape index (κ3) is 5.96. The molecule has 3 rings (SSSR count). The standard InChI is InChI=1S/C24H30N2O2/c1-20(2)22-11-6-12-23(18-22)28-19-24(27)26-16-14-25(15-17-26)13-7-10-21-8-4-3-5-9-21/h3-12,18,20H,13-17,19H2,1-2H3/b10-7+. The predicted molar refractivity (Wildman–Crippen MR) is 115 cm³/mol. The summed E-state index contributed by atoms with van der Waals surface area (Å²) in [6, 6.07) is 18.3. The Morgan fingerprint density at radius 2 is 1.79 bits per heavy atom. The van der Waals surface area contributed by atoms with Crippen LogP contribution in [0, 0.1) is 0 Å². The van der Waals surface area contributed by atoms with Crippen molar-refractivity contribution in [2.75, 3.05) is 39.3 Å². The van der Waals surface area contributed by atoms with Crippen LogP contribution in [0.1, 0.15) is 30.9 Å².